The standard InChI is InChI=1S/C27H27N3O4/c1-33-24-15-7-5-13-22(24)30-26(28-21-12-4-2-10-19(21)27(30)32)20-11-3-6-14-23(20)34-18-25(31)29-16-8-9-17-29/h2-7,10-15,26,28H,8-9,16-18H2,1H3. The van der Waals surface area contributed by atoms with Gasteiger partial charge >= 0.3 is 0 Å². The molecule has 1 saturated heterocycles. The molecule has 2 amide bonds. The van der Waals surface area contributed by atoms with Crippen LogP contribution in [-0.2, 0) is 4.79 Å². The van der Waals surface area contributed by atoms with Gasteiger partial charge in [-0.25, -0.2) is 0 Å². The SMILES string of the molecule is COc1ccccc1N1C(=O)c2ccccc2NC1c1ccccc1OCC(=O)N1CCCC1. The number of hydrogen-bond donors (Lipinski definition) is 1. The Bertz CT molecular complexity index is 1210. The highest BCUT2D eigenvalue weighted by Gasteiger charge is 2.36. The number of rotatable bonds is 6. The Morgan fingerprint density at radius 2 is 1.62 bits per heavy atom. The Morgan fingerprint density at radius 1 is 0.941 bits per heavy atom. The van der Waals surface area contributed by atoms with Gasteiger partial charge in [0.1, 0.15) is 17.7 Å². The molecule has 2 heterocycles. The molecule has 0 aromatic heterocycles. The van der Waals surface area contributed by atoms with E-state index >= 15 is 0 Å². The molecule has 0 bridgehead atoms. The summed E-state index contributed by atoms with van der Waals surface area (Å²) in [6.07, 6.45) is 1.50. The molecule has 3 aromatic carbocycles. The van der Waals surface area contributed by atoms with Crippen molar-refractivity contribution in [2.24, 2.45) is 0 Å². The second-order valence-corrected chi connectivity index (χ2v) is 8.35. The third-order valence-corrected chi connectivity index (χ3v) is 6.29. The summed E-state index contributed by atoms with van der Waals surface area (Å²) in [4.78, 5) is 29.9. The van der Waals surface area contributed by atoms with Crippen molar-refractivity contribution in [1.29, 1.82) is 0 Å². The number of nitrogens with zero attached hydrogens (tertiary/aromatic N) is 2. The van der Waals surface area contributed by atoms with Crippen molar-refractivity contribution in [2.75, 3.05) is 37.0 Å². The van der Waals surface area contributed by atoms with Gasteiger partial charge in [0.2, 0.25) is 0 Å². The molecule has 3 aromatic rings. The number of hydrogen-bond acceptors (Lipinski definition) is 5. The van der Waals surface area contributed by atoms with E-state index in [-0.39, 0.29) is 18.4 Å². The number of ether oxygens (including phenoxy) is 2. The topological polar surface area (TPSA) is 71.1 Å². The molecule has 174 valence electrons. The minimum absolute atomic E-state index is 0.0214. The largest absolute Gasteiger partial charge is 0.495 e. The molecular weight excluding hydrogens is 430 g/mol. The lowest BCUT2D eigenvalue weighted by molar-refractivity contribution is -0.132. The molecule has 0 saturated carbocycles. The summed E-state index contributed by atoms with van der Waals surface area (Å²) >= 11 is 0. The molecule has 7 nitrogen and oxygen atoms in total. The van der Waals surface area contributed by atoms with Crippen LogP contribution in [0, 0.1) is 0 Å². The average Bonchev–Trinajstić information content (AvgIpc) is 3.43. The van der Waals surface area contributed by atoms with Crippen LogP contribution >= 0.6 is 0 Å². The molecule has 0 aliphatic carbocycles. The Labute approximate surface area is 198 Å². The number of fused-ring (bicyclic) bond motifs is 1. The van der Waals surface area contributed by atoms with Gasteiger partial charge in [-0.05, 0) is 43.2 Å². The first-order chi connectivity index (χ1) is 16.7. The maximum absolute atomic E-state index is 13.7. The zero-order valence-corrected chi connectivity index (χ0v) is 19.1. The van der Waals surface area contributed by atoms with E-state index in [9.17, 15) is 9.59 Å². The van der Waals surface area contributed by atoms with Gasteiger partial charge in [0.25, 0.3) is 11.8 Å². The highest BCUT2D eigenvalue weighted by Crippen LogP contribution is 2.42. The summed E-state index contributed by atoms with van der Waals surface area (Å²) in [6, 6.07) is 22.4. The fourth-order valence-corrected chi connectivity index (χ4v) is 4.58. The van der Waals surface area contributed by atoms with Crippen LogP contribution in [0.5, 0.6) is 11.5 Å². The van der Waals surface area contributed by atoms with Crippen LogP contribution in [0.15, 0.2) is 72.8 Å². The number of para-hydroxylation sites is 4. The Hall–Kier alpha value is -4.00. The van der Waals surface area contributed by atoms with Gasteiger partial charge in [0.05, 0.1) is 18.4 Å². The van der Waals surface area contributed by atoms with Crippen molar-refractivity contribution < 1.29 is 19.1 Å². The summed E-state index contributed by atoms with van der Waals surface area (Å²) in [5, 5.41) is 3.50. The molecular formula is C27H27N3O4. The van der Waals surface area contributed by atoms with E-state index < -0.39 is 6.17 Å². The van der Waals surface area contributed by atoms with E-state index in [2.05, 4.69) is 5.32 Å². The van der Waals surface area contributed by atoms with Gasteiger partial charge in [-0.3, -0.25) is 14.5 Å². The van der Waals surface area contributed by atoms with Crippen LogP contribution in [0.25, 0.3) is 0 Å². The first-order valence-corrected chi connectivity index (χ1v) is 11.5. The van der Waals surface area contributed by atoms with E-state index in [1.807, 2.05) is 71.6 Å². The van der Waals surface area contributed by atoms with Gasteiger partial charge in [-0.2, -0.15) is 0 Å². The first kappa shape index (κ1) is 21.8. The van der Waals surface area contributed by atoms with Gasteiger partial charge in [-0.15, -0.1) is 0 Å². The van der Waals surface area contributed by atoms with Crippen molar-refractivity contribution in [3.63, 3.8) is 0 Å². The number of methoxy groups -OCH3 is 1. The molecule has 1 fully saturated rings. The van der Waals surface area contributed by atoms with Crippen molar-refractivity contribution in [3.8, 4) is 11.5 Å². The zero-order valence-electron chi connectivity index (χ0n) is 19.1. The molecule has 1 atom stereocenters. The highest BCUT2D eigenvalue weighted by atomic mass is 16.5. The fourth-order valence-electron chi connectivity index (χ4n) is 4.58. The van der Waals surface area contributed by atoms with Crippen LogP contribution in [0.1, 0.15) is 34.9 Å². The minimum Gasteiger partial charge on any atom is -0.495 e. The smallest absolute Gasteiger partial charge is 0.262 e. The highest BCUT2D eigenvalue weighted by molar-refractivity contribution is 6.12. The number of benzene rings is 3. The van der Waals surface area contributed by atoms with E-state index in [0.717, 1.165) is 37.2 Å². The van der Waals surface area contributed by atoms with E-state index in [4.69, 9.17) is 9.47 Å². The molecule has 34 heavy (non-hydrogen) atoms. The zero-order chi connectivity index (χ0) is 23.5. The van der Waals surface area contributed by atoms with Crippen LogP contribution in [0.2, 0.25) is 0 Å². The molecule has 7 heteroatoms. The van der Waals surface area contributed by atoms with E-state index in [1.165, 1.54) is 0 Å². The normalized spacial score (nSPS) is 17.2. The molecule has 1 unspecified atom stereocenters. The maximum Gasteiger partial charge on any atom is 0.262 e. The molecule has 2 aliphatic rings. The Morgan fingerprint density at radius 3 is 2.41 bits per heavy atom. The molecule has 2 aliphatic heterocycles. The van der Waals surface area contributed by atoms with Crippen molar-refractivity contribution >= 4 is 23.2 Å². The lowest BCUT2D eigenvalue weighted by Crippen LogP contribution is -2.43. The Kier molecular flexibility index (Phi) is 6.08. The number of carbonyl (C=O) groups excluding carboxylic acids is 2. The van der Waals surface area contributed by atoms with Gasteiger partial charge < -0.3 is 19.7 Å². The predicted octanol–water partition coefficient (Wildman–Crippen LogP) is 4.47. The van der Waals surface area contributed by atoms with Gasteiger partial charge in [-0.1, -0.05) is 42.5 Å². The minimum atomic E-state index is -0.559. The van der Waals surface area contributed by atoms with Crippen molar-refractivity contribution in [2.45, 2.75) is 19.0 Å². The second kappa shape index (κ2) is 9.47. The van der Waals surface area contributed by atoms with Crippen LogP contribution in [-0.4, -0.2) is 43.5 Å². The summed E-state index contributed by atoms with van der Waals surface area (Å²) in [5.74, 6) is 0.975. The number of anilines is 2. The predicted molar refractivity (Wildman–Crippen MR) is 130 cm³/mol. The van der Waals surface area contributed by atoms with Crippen LogP contribution < -0.4 is 19.7 Å². The number of carbonyl (C=O) groups is 2. The second-order valence-electron chi connectivity index (χ2n) is 8.35. The molecule has 0 spiro atoms. The summed E-state index contributed by atoms with van der Waals surface area (Å²) in [5.41, 5.74) is 2.72. The molecule has 1 N–H and O–H groups in total. The first-order valence-electron chi connectivity index (χ1n) is 11.5. The molecule has 5 rings (SSSR count). The monoisotopic (exact) mass is 457 g/mol. The Balaban J connectivity index is 1.53. The van der Waals surface area contributed by atoms with Crippen LogP contribution in [0.3, 0.4) is 0 Å². The summed E-state index contributed by atoms with van der Waals surface area (Å²) in [7, 11) is 1.59. The quantitative estimate of drug-likeness (QED) is 0.592. The fraction of sp³-hybridized carbons (Fsp3) is 0.259. The van der Waals surface area contributed by atoms with E-state index in [0.29, 0.717) is 22.7 Å². The molecule has 0 radical (unpaired) electrons. The third-order valence-electron chi connectivity index (χ3n) is 6.29. The summed E-state index contributed by atoms with van der Waals surface area (Å²) < 4.78 is 11.6. The van der Waals surface area contributed by atoms with Crippen molar-refractivity contribution in [3.05, 3.63) is 83.9 Å². The third kappa shape index (κ3) is 4.05. The van der Waals surface area contributed by atoms with E-state index in [1.54, 1.807) is 18.1 Å². The van der Waals surface area contributed by atoms with Crippen molar-refractivity contribution in [1.82, 2.24) is 4.90 Å². The maximum atomic E-state index is 13.7. The summed E-state index contributed by atoms with van der Waals surface area (Å²) in [6.45, 7) is 1.52. The van der Waals surface area contributed by atoms with Gasteiger partial charge in [0, 0.05) is 24.3 Å². The van der Waals surface area contributed by atoms with Gasteiger partial charge in [0.15, 0.2) is 6.61 Å². The average molecular weight is 458 g/mol. The number of nitrogens with one attached hydrogen (secondary N) is 1. The lowest BCUT2D eigenvalue weighted by Gasteiger charge is -2.39. The number of likely N-dealkylation sites (tertiary alicyclic amines) is 1. The lowest BCUT2D eigenvalue weighted by atomic mass is 10.0. The number of amides is 2. The van der Waals surface area contributed by atoms with Crippen LogP contribution in [0.4, 0.5) is 11.4 Å².